The summed E-state index contributed by atoms with van der Waals surface area (Å²) in [4.78, 5) is 0. The van der Waals surface area contributed by atoms with E-state index in [1.54, 1.807) is 21.0 Å². The molecule has 4 N–H and O–H groups in total. The number of hydrogen-bond acceptors (Lipinski definition) is 4. The van der Waals surface area contributed by atoms with Crippen molar-refractivity contribution in [2.24, 2.45) is 11.5 Å². The molecule has 1 aliphatic rings. The second-order valence-electron chi connectivity index (χ2n) is 3.68. The van der Waals surface area contributed by atoms with Crippen molar-refractivity contribution in [1.29, 1.82) is 0 Å². The van der Waals surface area contributed by atoms with Crippen LogP contribution in [0.4, 0.5) is 0 Å². The van der Waals surface area contributed by atoms with Crippen LogP contribution in [-0.4, -0.2) is 32.1 Å². The van der Waals surface area contributed by atoms with E-state index in [1.165, 1.54) is 6.42 Å². The fourth-order valence-electron chi connectivity index (χ4n) is 0.830. The molecule has 0 aromatic rings. The number of nitrogens with two attached hydrogens (primary N) is 2. The third-order valence-electron chi connectivity index (χ3n) is 1.81. The van der Waals surface area contributed by atoms with E-state index in [0.29, 0.717) is 12.6 Å². The highest BCUT2D eigenvalue weighted by Gasteiger charge is 2.11. The van der Waals surface area contributed by atoms with Crippen molar-refractivity contribution < 1.29 is 9.47 Å². The maximum Gasteiger partial charge on any atom is 0.110 e. The van der Waals surface area contributed by atoms with Gasteiger partial charge in [-0.1, -0.05) is 0 Å². The first-order valence-electron chi connectivity index (χ1n) is 4.65. The van der Waals surface area contributed by atoms with E-state index >= 15 is 0 Å². The Morgan fingerprint density at radius 2 is 2.08 bits per heavy atom. The minimum absolute atomic E-state index is 0.375. The summed E-state index contributed by atoms with van der Waals surface area (Å²) in [5, 5.41) is 0. The molecule has 0 aromatic heterocycles. The maximum atomic E-state index is 5.31. The smallest absolute Gasteiger partial charge is 0.110 e. The second kappa shape index (κ2) is 6.32. The lowest BCUT2D eigenvalue weighted by Crippen LogP contribution is -2.33. The molecule has 0 amide bonds. The van der Waals surface area contributed by atoms with E-state index in [-0.39, 0.29) is 0 Å². The molecule has 1 aliphatic heterocycles. The standard InChI is InChI=1S/C5H11NO.C4H11NO/c6-4-5-2-1-3-7-5;1-4(2,5)6-3/h5H,1-4,6H2;5H2,1-3H3. The summed E-state index contributed by atoms with van der Waals surface area (Å²) >= 11 is 0. The molecule has 1 unspecified atom stereocenters. The lowest BCUT2D eigenvalue weighted by atomic mass is 10.2. The molecule has 1 heterocycles. The Kier molecular flexibility index (Phi) is 6.24. The molecule has 13 heavy (non-hydrogen) atoms. The third kappa shape index (κ3) is 8.18. The molecule has 1 rings (SSSR count). The quantitative estimate of drug-likeness (QED) is 0.620. The van der Waals surface area contributed by atoms with Gasteiger partial charge in [-0.3, -0.25) is 0 Å². The molecule has 1 fully saturated rings. The van der Waals surface area contributed by atoms with Crippen LogP contribution in [-0.2, 0) is 9.47 Å². The largest absolute Gasteiger partial charge is 0.377 e. The molecule has 4 heteroatoms. The molecular weight excluding hydrogens is 168 g/mol. The Morgan fingerprint density at radius 1 is 1.54 bits per heavy atom. The van der Waals surface area contributed by atoms with Crippen LogP contribution in [0.15, 0.2) is 0 Å². The van der Waals surface area contributed by atoms with Crippen molar-refractivity contribution >= 4 is 0 Å². The maximum absolute atomic E-state index is 5.31. The van der Waals surface area contributed by atoms with Gasteiger partial charge in [-0.05, 0) is 26.7 Å². The number of hydrogen-bond donors (Lipinski definition) is 2. The minimum Gasteiger partial charge on any atom is -0.377 e. The van der Waals surface area contributed by atoms with Gasteiger partial charge in [0.25, 0.3) is 0 Å². The van der Waals surface area contributed by atoms with Crippen molar-refractivity contribution in [2.45, 2.75) is 38.5 Å². The van der Waals surface area contributed by atoms with Gasteiger partial charge in [0, 0.05) is 20.3 Å². The van der Waals surface area contributed by atoms with E-state index in [0.717, 1.165) is 13.0 Å². The predicted octanol–water partition coefficient (Wildman–Crippen LogP) is 0.452. The lowest BCUT2D eigenvalue weighted by molar-refractivity contribution is 0.0286. The zero-order valence-corrected chi connectivity index (χ0v) is 8.88. The first-order valence-corrected chi connectivity index (χ1v) is 4.65. The first-order chi connectivity index (χ1) is 5.99. The predicted molar refractivity (Wildman–Crippen MR) is 53.3 cm³/mol. The van der Waals surface area contributed by atoms with Crippen molar-refractivity contribution in [3.05, 3.63) is 0 Å². The number of methoxy groups -OCH3 is 1. The third-order valence-corrected chi connectivity index (χ3v) is 1.81. The van der Waals surface area contributed by atoms with Gasteiger partial charge in [-0.15, -0.1) is 0 Å². The first kappa shape index (κ1) is 12.8. The van der Waals surface area contributed by atoms with Crippen LogP contribution in [0.1, 0.15) is 26.7 Å². The summed E-state index contributed by atoms with van der Waals surface area (Å²) in [6, 6.07) is 0. The van der Waals surface area contributed by atoms with Crippen LogP contribution in [0, 0.1) is 0 Å². The van der Waals surface area contributed by atoms with Gasteiger partial charge in [0.05, 0.1) is 6.10 Å². The van der Waals surface area contributed by atoms with Crippen molar-refractivity contribution in [3.63, 3.8) is 0 Å². The zero-order chi connectivity index (χ0) is 10.3. The SMILES string of the molecule is COC(C)(C)N.NCC1CCCO1. The molecule has 0 radical (unpaired) electrons. The molecule has 4 nitrogen and oxygen atoms in total. The van der Waals surface area contributed by atoms with Crippen molar-refractivity contribution in [1.82, 2.24) is 0 Å². The molecule has 1 saturated heterocycles. The van der Waals surface area contributed by atoms with Crippen LogP contribution in [0.3, 0.4) is 0 Å². The van der Waals surface area contributed by atoms with Crippen LogP contribution in [0.2, 0.25) is 0 Å². The van der Waals surface area contributed by atoms with Crippen LogP contribution in [0.25, 0.3) is 0 Å². The fraction of sp³-hybridized carbons (Fsp3) is 1.00. The van der Waals surface area contributed by atoms with E-state index in [2.05, 4.69) is 0 Å². The normalized spacial score (nSPS) is 22.4. The van der Waals surface area contributed by atoms with Crippen molar-refractivity contribution in [2.75, 3.05) is 20.3 Å². The Bertz CT molecular complexity index is 117. The highest BCUT2D eigenvalue weighted by Crippen LogP contribution is 2.09. The molecular formula is C9H22N2O2. The lowest BCUT2D eigenvalue weighted by Gasteiger charge is -2.14. The van der Waals surface area contributed by atoms with Gasteiger partial charge in [-0.25, -0.2) is 0 Å². The van der Waals surface area contributed by atoms with Gasteiger partial charge >= 0.3 is 0 Å². The van der Waals surface area contributed by atoms with Gasteiger partial charge in [0.2, 0.25) is 0 Å². The monoisotopic (exact) mass is 190 g/mol. The van der Waals surface area contributed by atoms with E-state index in [4.69, 9.17) is 20.9 Å². The second-order valence-corrected chi connectivity index (χ2v) is 3.68. The van der Waals surface area contributed by atoms with E-state index in [1.807, 2.05) is 0 Å². The summed E-state index contributed by atoms with van der Waals surface area (Å²) in [6.45, 7) is 5.21. The van der Waals surface area contributed by atoms with Gasteiger partial charge in [0.1, 0.15) is 5.72 Å². The Morgan fingerprint density at radius 3 is 2.23 bits per heavy atom. The summed E-state index contributed by atoms with van der Waals surface area (Å²) in [5.41, 5.74) is 10.2. The van der Waals surface area contributed by atoms with E-state index in [9.17, 15) is 0 Å². The Balaban J connectivity index is 0.000000226. The summed E-state index contributed by atoms with van der Waals surface area (Å²) in [5.74, 6) is 0. The summed E-state index contributed by atoms with van der Waals surface area (Å²) in [7, 11) is 1.58. The Hall–Kier alpha value is -0.160. The highest BCUT2D eigenvalue weighted by molar-refractivity contribution is 4.63. The molecule has 0 spiro atoms. The van der Waals surface area contributed by atoms with Gasteiger partial charge < -0.3 is 20.9 Å². The minimum atomic E-state index is -0.458. The summed E-state index contributed by atoms with van der Waals surface area (Å²) < 4.78 is 9.89. The molecule has 0 bridgehead atoms. The highest BCUT2D eigenvalue weighted by atomic mass is 16.5. The topological polar surface area (TPSA) is 70.5 Å². The van der Waals surface area contributed by atoms with Crippen LogP contribution < -0.4 is 11.5 Å². The molecule has 0 aromatic carbocycles. The molecule has 1 atom stereocenters. The van der Waals surface area contributed by atoms with E-state index < -0.39 is 5.72 Å². The molecule has 0 saturated carbocycles. The summed E-state index contributed by atoms with van der Waals surface area (Å²) in [6.07, 6.45) is 2.73. The van der Waals surface area contributed by atoms with Crippen LogP contribution >= 0.6 is 0 Å². The molecule has 0 aliphatic carbocycles. The molecule has 80 valence electrons. The number of ether oxygens (including phenoxy) is 2. The number of rotatable bonds is 2. The van der Waals surface area contributed by atoms with Gasteiger partial charge in [-0.2, -0.15) is 0 Å². The fourth-order valence-corrected chi connectivity index (χ4v) is 0.830. The van der Waals surface area contributed by atoms with Gasteiger partial charge in [0.15, 0.2) is 0 Å². The Labute approximate surface area is 80.6 Å². The van der Waals surface area contributed by atoms with Crippen molar-refractivity contribution in [3.8, 4) is 0 Å². The van der Waals surface area contributed by atoms with Crippen LogP contribution in [0.5, 0.6) is 0 Å². The average Bonchev–Trinajstić information content (AvgIpc) is 2.56. The zero-order valence-electron chi connectivity index (χ0n) is 8.88. The average molecular weight is 190 g/mol.